The minimum atomic E-state index is -4.34. The van der Waals surface area contributed by atoms with Crippen LogP contribution in [0, 0.1) is 5.92 Å². The molecular formula is C16H16F3N3O. The Bertz CT molecular complexity index is 662. The molecule has 0 bridgehead atoms. The first-order valence-corrected chi connectivity index (χ1v) is 7.26. The average molecular weight is 323 g/mol. The standard InChI is InChI=1S/C16H16F3N3O/c17-16(18,19)12-4-1-10(2-5-12)8-20-15(23)11-3-6-13-14(7-11)22-9-21-13/h1-6,11,21-22H,7-9H2,(H,20,23). The molecule has 0 spiro atoms. The second-order valence-corrected chi connectivity index (χ2v) is 5.50. The van der Waals surface area contributed by atoms with E-state index in [1.165, 1.54) is 12.1 Å². The van der Waals surface area contributed by atoms with Crippen LogP contribution < -0.4 is 16.0 Å². The maximum Gasteiger partial charge on any atom is 0.416 e. The molecule has 1 aliphatic heterocycles. The van der Waals surface area contributed by atoms with Gasteiger partial charge in [0, 0.05) is 18.7 Å². The summed E-state index contributed by atoms with van der Waals surface area (Å²) < 4.78 is 37.5. The molecule has 0 saturated carbocycles. The van der Waals surface area contributed by atoms with Crippen LogP contribution >= 0.6 is 0 Å². The van der Waals surface area contributed by atoms with Crippen LogP contribution in [-0.4, -0.2) is 12.6 Å². The van der Waals surface area contributed by atoms with Gasteiger partial charge >= 0.3 is 6.18 Å². The molecule has 1 aromatic carbocycles. The van der Waals surface area contributed by atoms with Crippen molar-refractivity contribution >= 4 is 5.91 Å². The number of amides is 1. The third-order valence-corrected chi connectivity index (χ3v) is 3.91. The normalized spacial score (nSPS) is 19.9. The lowest BCUT2D eigenvalue weighted by molar-refractivity contribution is -0.137. The van der Waals surface area contributed by atoms with Crippen molar-refractivity contribution in [3.05, 3.63) is 58.9 Å². The summed E-state index contributed by atoms with van der Waals surface area (Å²) in [7, 11) is 0. The van der Waals surface area contributed by atoms with E-state index < -0.39 is 11.7 Å². The van der Waals surface area contributed by atoms with Gasteiger partial charge in [0.05, 0.1) is 23.8 Å². The predicted molar refractivity (Wildman–Crippen MR) is 78.7 cm³/mol. The van der Waals surface area contributed by atoms with Crippen LogP contribution in [0.15, 0.2) is 47.8 Å². The second kappa shape index (κ2) is 5.98. The van der Waals surface area contributed by atoms with Gasteiger partial charge in [-0.3, -0.25) is 4.79 Å². The fraction of sp³-hybridized carbons (Fsp3) is 0.312. The largest absolute Gasteiger partial charge is 0.416 e. The lowest BCUT2D eigenvalue weighted by Crippen LogP contribution is -2.31. The molecule has 7 heteroatoms. The molecular weight excluding hydrogens is 307 g/mol. The third kappa shape index (κ3) is 3.49. The summed E-state index contributed by atoms with van der Waals surface area (Å²) >= 11 is 0. The van der Waals surface area contributed by atoms with Crippen LogP contribution in [0.2, 0.25) is 0 Å². The Morgan fingerprint density at radius 2 is 1.96 bits per heavy atom. The van der Waals surface area contributed by atoms with Gasteiger partial charge in [0.15, 0.2) is 0 Å². The van der Waals surface area contributed by atoms with Crippen molar-refractivity contribution in [1.29, 1.82) is 0 Å². The number of halogens is 3. The SMILES string of the molecule is O=C(NCc1ccc(C(F)(F)F)cc1)C1C=CC2=C(C1)NCN2. The van der Waals surface area contributed by atoms with E-state index in [2.05, 4.69) is 16.0 Å². The van der Waals surface area contributed by atoms with E-state index >= 15 is 0 Å². The van der Waals surface area contributed by atoms with Crippen molar-refractivity contribution in [3.63, 3.8) is 0 Å². The van der Waals surface area contributed by atoms with E-state index in [0.29, 0.717) is 18.7 Å². The lowest BCUT2D eigenvalue weighted by Gasteiger charge is -2.18. The highest BCUT2D eigenvalue weighted by Gasteiger charge is 2.30. The van der Waals surface area contributed by atoms with Gasteiger partial charge in [-0.15, -0.1) is 0 Å². The number of nitrogens with one attached hydrogen (secondary N) is 3. The van der Waals surface area contributed by atoms with Gasteiger partial charge in [0.1, 0.15) is 0 Å². The van der Waals surface area contributed by atoms with Crippen LogP contribution in [0.3, 0.4) is 0 Å². The Kier molecular flexibility index (Phi) is 4.02. The predicted octanol–water partition coefficient (Wildman–Crippen LogP) is 2.26. The Hall–Kier alpha value is -2.44. The van der Waals surface area contributed by atoms with Gasteiger partial charge < -0.3 is 16.0 Å². The minimum Gasteiger partial charge on any atom is -0.370 e. The van der Waals surface area contributed by atoms with Crippen molar-refractivity contribution < 1.29 is 18.0 Å². The molecule has 0 fully saturated rings. The zero-order valence-electron chi connectivity index (χ0n) is 12.2. The Morgan fingerprint density at radius 3 is 2.65 bits per heavy atom. The summed E-state index contributed by atoms with van der Waals surface area (Å²) in [4.78, 5) is 12.2. The molecule has 1 aromatic rings. The number of carbonyl (C=O) groups excluding carboxylic acids is 1. The third-order valence-electron chi connectivity index (χ3n) is 3.91. The first-order valence-electron chi connectivity index (χ1n) is 7.26. The lowest BCUT2D eigenvalue weighted by atomic mass is 9.96. The topological polar surface area (TPSA) is 53.2 Å². The highest BCUT2D eigenvalue weighted by molar-refractivity contribution is 5.81. The van der Waals surface area contributed by atoms with Gasteiger partial charge in [-0.2, -0.15) is 13.2 Å². The molecule has 2 aliphatic rings. The molecule has 0 radical (unpaired) electrons. The van der Waals surface area contributed by atoms with Crippen molar-refractivity contribution in [1.82, 2.24) is 16.0 Å². The van der Waals surface area contributed by atoms with Crippen LogP contribution in [0.1, 0.15) is 17.5 Å². The number of benzene rings is 1. The van der Waals surface area contributed by atoms with E-state index in [1.807, 2.05) is 12.2 Å². The maximum absolute atomic E-state index is 12.5. The molecule has 4 nitrogen and oxygen atoms in total. The van der Waals surface area contributed by atoms with E-state index in [1.54, 1.807) is 0 Å². The quantitative estimate of drug-likeness (QED) is 0.800. The number of alkyl halides is 3. The second-order valence-electron chi connectivity index (χ2n) is 5.50. The highest BCUT2D eigenvalue weighted by Crippen LogP contribution is 2.29. The molecule has 23 heavy (non-hydrogen) atoms. The van der Waals surface area contributed by atoms with Crippen LogP contribution in [-0.2, 0) is 17.5 Å². The van der Waals surface area contributed by atoms with E-state index in [0.717, 1.165) is 23.5 Å². The summed E-state index contributed by atoms with van der Waals surface area (Å²) in [5.41, 5.74) is 1.97. The molecule has 3 N–H and O–H groups in total. The molecule has 122 valence electrons. The summed E-state index contributed by atoms with van der Waals surface area (Å²) in [6, 6.07) is 4.80. The summed E-state index contributed by atoms with van der Waals surface area (Å²) in [6.45, 7) is 0.869. The van der Waals surface area contributed by atoms with E-state index in [-0.39, 0.29) is 18.4 Å². The smallest absolute Gasteiger partial charge is 0.370 e. The Morgan fingerprint density at radius 1 is 1.22 bits per heavy atom. The monoisotopic (exact) mass is 323 g/mol. The molecule has 1 amide bonds. The first kappa shape index (κ1) is 15.5. The molecule has 3 rings (SSSR count). The number of carbonyl (C=O) groups is 1. The highest BCUT2D eigenvalue weighted by atomic mass is 19.4. The molecule has 1 atom stereocenters. The van der Waals surface area contributed by atoms with Gasteiger partial charge in [-0.1, -0.05) is 18.2 Å². The van der Waals surface area contributed by atoms with Crippen molar-refractivity contribution in [2.75, 3.05) is 6.67 Å². The van der Waals surface area contributed by atoms with Crippen molar-refractivity contribution in [2.45, 2.75) is 19.1 Å². The van der Waals surface area contributed by atoms with Crippen LogP contribution in [0.4, 0.5) is 13.2 Å². The fourth-order valence-electron chi connectivity index (χ4n) is 2.60. The van der Waals surface area contributed by atoms with Crippen LogP contribution in [0.25, 0.3) is 0 Å². The minimum absolute atomic E-state index is 0.138. The average Bonchev–Trinajstić information content (AvgIpc) is 2.99. The Balaban J connectivity index is 1.54. The van der Waals surface area contributed by atoms with Crippen molar-refractivity contribution in [3.8, 4) is 0 Å². The molecule has 0 aromatic heterocycles. The zero-order chi connectivity index (χ0) is 16.4. The zero-order valence-corrected chi connectivity index (χ0v) is 12.2. The summed E-state index contributed by atoms with van der Waals surface area (Å²) in [5.74, 6) is -0.406. The van der Waals surface area contributed by atoms with Crippen LogP contribution in [0.5, 0.6) is 0 Å². The van der Waals surface area contributed by atoms with E-state index in [9.17, 15) is 18.0 Å². The molecule has 1 unspecified atom stereocenters. The summed E-state index contributed by atoms with van der Waals surface area (Å²) in [5, 5.41) is 9.08. The number of allylic oxidation sites excluding steroid dienone is 2. The Labute approximate surface area is 131 Å². The first-order chi connectivity index (χ1) is 10.9. The maximum atomic E-state index is 12.5. The number of hydrogen-bond donors (Lipinski definition) is 3. The van der Waals surface area contributed by atoms with Crippen molar-refractivity contribution in [2.24, 2.45) is 5.92 Å². The molecule has 0 saturated heterocycles. The fourth-order valence-corrected chi connectivity index (χ4v) is 2.60. The number of hydrogen-bond acceptors (Lipinski definition) is 3. The van der Waals surface area contributed by atoms with Gasteiger partial charge in [0.2, 0.25) is 5.91 Å². The van der Waals surface area contributed by atoms with Gasteiger partial charge in [-0.25, -0.2) is 0 Å². The van der Waals surface area contributed by atoms with E-state index in [4.69, 9.17) is 0 Å². The molecule has 1 aliphatic carbocycles. The van der Waals surface area contributed by atoms with Gasteiger partial charge in [-0.05, 0) is 23.8 Å². The van der Waals surface area contributed by atoms with Gasteiger partial charge in [0.25, 0.3) is 0 Å². The number of rotatable bonds is 3. The summed E-state index contributed by atoms with van der Waals surface area (Å²) in [6.07, 6.45) is -0.0395. The molecule has 1 heterocycles.